The molecular weight excluding hydrogens is 268 g/mol. The molecule has 0 atom stereocenters. The minimum absolute atomic E-state index is 0. The zero-order chi connectivity index (χ0) is 4.50. The topological polar surface area (TPSA) is 92.2 Å². The molecule has 0 saturated heterocycles. The maximum atomic E-state index is 8.62. The van der Waals surface area contributed by atoms with Gasteiger partial charge in [0.25, 0.3) is 0 Å². The van der Waals surface area contributed by atoms with Gasteiger partial charge in [-0.15, -0.1) is 0 Å². The Morgan fingerprint density at radius 1 is 0.556 bits per heavy atom. The Labute approximate surface area is 229 Å². The van der Waals surface area contributed by atoms with E-state index in [1.807, 2.05) is 0 Å². The van der Waals surface area contributed by atoms with Crippen molar-refractivity contribution >= 4 is 0 Å². The maximum absolute atomic E-state index is 8.62. The summed E-state index contributed by atoms with van der Waals surface area (Å²) in [5.74, 6) is 0. The Hall–Kier alpha value is 7.10. The molecule has 9 heteroatoms. The predicted octanol–water partition coefficient (Wildman–Crippen LogP) is -16.7. The Bertz CT molecular complexity index is 28.0. The third-order valence-corrected chi connectivity index (χ3v) is 0. The Morgan fingerprint density at radius 2 is 0.556 bits per heavy atom. The molecule has 0 aliphatic rings. The van der Waals surface area contributed by atoms with E-state index >= 15 is 0 Å². The molecule has 0 aromatic heterocycles. The summed E-state index contributed by atoms with van der Waals surface area (Å²) in [6, 6.07) is 0. The van der Waals surface area contributed by atoms with Crippen LogP contribution in [0.15, 0.2) is 0 Å². The average Bonchev–Trinajstić information content (AvgIpc) is 0.722. The van der Waals surface area contributed by atoms with Crippen LogP contribution in [0.3, 0.4) is 0 Å². The second-order valence-corrected chi connectivity index (χ2v) is 2.06. The molecule has 0 heterocycles. The molecule has 9 heavy (non-hydrogen) atoms. The molecule has 0 unspecified atom stereocenters. The molecule has 0 amide bonds. The first-order valence-electron chi connectivity index (χ1n) is 0.816. The van der Waals surface area contributed by atoms with E-state index in [4.69, 9.17) is 14.8 Å². The van der Waals surface area contributed by atoms with E-state index < -0.39 is 18.1 Å². The summed E-state index contributed by atoms with van der Waals surface area (Å²) >= 11 is -6.00. The monoisotopic (exact) mass is 268 g/mol. The van der Waals surface area contributed by atoms with Crippen molar-refractivity contribution in [3.05, 3.63) is 0 Å². The van der Waals surface area contributed by atoms with E-state index in [9.17, 15) is 0 Å². The minimum atomic E-state index is -6.00. The SMILES string of the molecule is [K+].[K+].[K+].[K+].[O-][Ti]([O-])([O-])[O-]. The molecular formula is K4O4Ti. The van der Waals surface area contributed by atoms with E-state index in [2.05, 4.69) is 0 Å². The molecule has 0 aliphatic heterocycles. The van der Waals surface area contributed by atoms with Gasteiger partial charge in [0, 0.05) is 0 Å². The van der Waals surface area contributed by atoms with Crippen molar-refractivity contribution in [2.45, 2.75) is 0 Å². The zero-order valence-corrected chi connectivity index (χ0v) is 20.2. The predicted molar refractivity (Wildman–Crippen MR) is 0 cm³/mol. The number of hydrogen-bond acceptors (Lipinski definition) is 4. The summed E-state index contributed by atoms with van der Waals surface area (Å²) in [4.78, 5) is 0. The molecule has 0 rings (SSSR count). The van der Waals surface area contributed by atoms with Crippen molar-refractivity contribution in [3.63, 3.8) is 0 Å². The molecule has 0 spiro atoms. The second kappa shape index (κ2) is 17.5. The fourth-order valence-corrected chi connectivity index (χ4v) is 0. The van der Waals surface area contributed by atoms with Gasteiger partial charge >= 0.3 is 238 Å². The first kappa shape index (κ1) is 29.8. The van der Waals surface area contributed by atoms with E-state index in [0.29, 0.717) is 0 Å². The van der Waals surface area contributed by atoms with Gasteiger partial charge in [0.2, 0.25) is 0 Å². The quantitative estimate of drug-likeness (QED) is 0.408. The van der Waals surface area contributed by atoms with Crippen LogP contribution in [-0.4, -0.2) is 0 Å². The Kier molecular flexibility index (Phi) is 57.9. The third-order valence-electron chi connectivity index (χ3n) is 0. The zero-order valence-electron chi connectivity index (χ0n) is 6.13. The van der Waals surface area contributed by atoms with Gasteiger partial charge in [-0.25, -0.2) is 0 Å². The first-order chi connectivity index (χ1) is 2.00. The summed E-state index contributed by atoms with van der Waals surface area (Å²) < 4.78 is 34.5. The van der Waals surface area contributed by atoms with E-state index in [1.165, 1.54) is 0 Å². The summed E-state index contributed by atoms with van der Waals surface area (Å²) in [6.07, 6.45) is 0. The van der Waals surface area contributed by atoms with Crippen LogP contribution in [0.1, 0.15) is 0 Å². The summed E-state index contributed by atoms with van der Waals surface area (Å²) in [6.45, 7) is 0. The molecule has 0 N–H and O–H groups in total. The first-order valence-corrected chi connectivity index (χ1v) is 3.37. The van der Waals surface area contributed by atoms with Crippen LogP contribution in [0.2, 0.25) is 0 Å². The molecule has 0 radical (unpaired) electrons. The van der Waals surface area contributed by atoms with Gasteiger partial charge in [-0.2, -0.15) is 0 Å². The van der Waals surface area contributed by atoms with Gasteiger partial charge < -0.3 is 0 Å². The van der Waals surface area contributed by atoms with Gasteiger partial charge in [-0.05, 0) is 0 Å². The van der Waals surface area contributed by atoms with Crippen molar-refractivity contribution < 1.29 is 238 Å². The van der Waals surface area contributed by atoms with Crippen LogP contribution in [-0.2, 0) is 18.1 Å². The normalized spacial score (nSPS) is 6.67. The van der Waals surface area contributed by atoms with Crippen molar-refractivity contribution in [3.8, 4) is 0 Å². The van der Waals surface area contributed by atoms with Crippen molar-refractivity contribution in [2.75, 3.05) is 0 Å². The van der Waals surface area contributed by atoms with E-state index in [0.717, 1.165) is 0 Å². The second-order valence-electron chi connectivity index (χ2n) is 0.500. The molecule has 0 saturated carbocycles. The van der Waals surface area contributed by atoms with Crippen molar-refractivity contribution in [1.82, 2.24) is 0 Å². The van der Waals surface area contributed by atoms with Crippen LogP contribution in [0.4, 0.5) is 0 Å². The van der Waals surface area contributed by atoms with Crippen molar-refractivity contribution in [1.29, 1.82) is 0 Å². The molecule has 0 aromatic carbocycles. The van der Waals surface area contributed by atoms with Crippen LogP contribution < -0.4 is 220 Å². The van der Waals surface area contributed by atoms with Gasteiger partial charge in [-0.1, -0.05) is 0 Å². The van der Waals surface area contributed by atoms with Gasteiger partial charge in [0.15, 0.2) is 0 Å². The fourth-order valence-electron chi connectivity index (χ4n) is 0. The summed E-state index contributed by atoms with van der Waals surface area (Å²) in [7, 11) is 0. The van der Waals surface area contributed by atoms with E-state index in [-0.39, 0.29) is 206 Å². The van der Waals surface area contributed by atoms with Gasteiger partial charge in [-0.3, -0.25) is 0 Å². The number of rotatable bonds is 0. The van der Waals surface area contributed by atoms with Crippen LogP contribution in [0.25, 0.3) is 0 Å². The Balaban J connectivity index is -0.0000000133. The van der Waals surface area contributed by atoms with Crippen LogP contribution in [0.5, 0.6) is 0 Å². The third kappa shape index (κ3) is 51.4. The molecule has 0 bridgehead atoms. The average molecular weight is 268 g/mol. The molecule has 0 aromatic rings. The summed E-state index contributed by atoms with van der Waals surface area (Å²) in [5, 5.41) is 0. The molecule has 0 aliphatic carbocycles. The van der Waals surface area contributed by atoms with Crippen molar-refractivity contribution in [2.24, 2.45) is 0 Å². The fraction of sp³-hybridized carbons (Fsp3) is 0. The Morgan fingerprint density at radius 3 is 0.556 bits per heavy atom. The van der Waals surface area contributed by atoms with Crippen LogP contribution >= 0.6 is 0 Å². The molecule has 0 fully saturated rings. The molecule has 4 nitrogen and oxygen atoms in total. The summed E-state index contributed by atoms with van der Waals surface area (Å²) in [5.41, 5.74) is 0. The molecule has 32 valence electrons. The standard InChI is InChI=1S/4K.4O.Ti/q4*+1;4*-1;. The van der Waals surface area contributed by atoms with Gasteiger partial charge in [0.1, 0.15) is 0 Å². The van der Waals surface area contributed by atoms with E-state index in [1.54, 1.807) is 0 Å². The van der Waals surface area contributed by atoms with Gasteiger partial charge in [0.05, 0.1) is 0 Å². The number of hydrogen-bond donors (Lipinski definition) is 0. The van der Waals surface area contributed by atoms with Crippen LogP contribution in [0, 0.1) is 0 Å².